The van der Waals surface area contributed by atoms with Gasteiger partial charge in [0.2, 0.25) is 0 Å². The second-order valence-electron chi connectivity index (χ2n) is 3.87. The molecular weight excluding hydrogens is 234 g/mol. The van der Waals surface area contributed by atoms with E-state index in [1.54, 1.807) is 31.2 Å². The lowest BCUT2D eigenvalue weighted by molar-refractivity contribution is -0.144. The van der Waals surface area contributed by atoms with Crippen LogP contribution in [0.4, 0.5) is 5.69 Å². The summed E-state index contributed by atoms with van der Waals surface area (Å²) in [7, 11) is 2.70. The van der Waals surface area contributed by atoms with Crippen molar-refractivity contribution in [2.24, 2.45) is 5.92 Å². The molecule has 0 aliphatic rings. The second-order valence-corrected chi connectivity index (χ2v) is 3.87. The van der Waals surface area contributed by atoms with E-state index in [2.05, 4.69) is 14.8 Å². The van der Waals surface area contributed by atoms with Gasteiger partial charge in [0.25, 0.3) is 0 Å². The first-order valence-corrected chi connectivity index (χ1v) is 5.58. The van der Waals surface area contributed by atoms with Crippen molar-refractivity contribution >= 4 is 17.6 Å². The zero-order chi connectivity index (χ0) is 13.5. The van der Waals surface area contributed by atoms with E-state index in [9.17, 15) is 9.59 Å². The number of methoxy groups -OCH3 is 2. The third-order valence-corrected chi connectivity index (χ3v) is 2.52. The number of benzene rings is 1. The Labute approximate surface area is 106 Å². The number of ether oxygens (including phenoxy) is 2. The molecule has 0 aromatic heterocycles. The molecule has 0 saturated heterocycles. The molecule has 0 heterocycles. The van der Waals surface area contributed by atoms with Gasteiger partial charge in [0.15, 0.2) is 0 Å². The summed E-state index contributed by atoms with van der Waals surface area (Å²) in [6.07, 6.45) is 0. The fourth-order valence-corrected chi connectivity index (χ4v) is 1.40. The molecule has 0 radical (unpaired) electrons. The summed E-state index contributed by atoms with van der Waals surface area (Å²) < 4.78 is 9.23. The number of hydrogen-bond donors (Lipinski definition) is 1. The van der Waals surface area contributed by atoms with Crippen LogP contribution in [0.3, 0.4) is 0 Å². The first kappa shape index (κ1) is 14.0. The van der Waals surface area contributed by atoms with E-state index in [4.69, 9.17) is 0 Å². The standard InChI is InChI=1S/C13H17NO4/c1-9(12(15)17-2)8-14-11-6-4-10(5-7-11)13(16)18-3/h4-7,9,14H,8H2,1-3H3. The maximum atomic E-state index is 11.2. The van der Waals surface area contributed by atoms with Gasteiger partial charge < -0.3 is 14.8 Å². The lowest BCUT2D eigenvalue weighted by atomic mass is 10.1. The minimum atomic E-state index is -0.371. The fraction of sp³-hybridized carbons (Fsp3) is 0.385. The predicted octanol–water partition coefficient (Wildman–Crippen LogP) is 1.69. The van der Waals surface area contributed by atoms with Crippen molar-refractivity contribution in [2.75, 3.05) is 26.1 Å². The second kappa shape index (κ2) is 6.64. The molecule has 1 aromatic carbocycles. The van der Waals surface area contributed by atoms with Crippen LogP contribution in [0.25, 0.3) is 0 Å². The largest absolute Gasteiger partial charge is 0.469 e. The summed E-state index contributed by atoms with van der Waals surface area (Å²) in [6, 6.07) is 6.85. The first-order valence-electron chi connectivity index (χ1n) is 5.58. The van der Waals surface area contributed by atoms with Gasteiger partial charge in [0.1, 0.15) is 0 Å². The Morgan fingerprint density at radius 1 is 1.17 bits per heavy atom. The molecule has 18 heavy (non-hydrogen) atoms. The minimum Gasteiger partial charge on any atom is -0.469 e. The van der Waals surface area contributed by atoms with Gasteiger partial charge in [-0.1, -0.05) is 6.92 Å². The fourth-order valence-electron chi connectivity index (χ4n) is 1.40. The SMILES string of the molecule is COC(=O)c1ccc(NCC(C)C(=O)OC)cc1. The van der Waals surface area contributed by atoms with E-state index in [1.165, 1.54) is 14.2 Å². The van der Waals surface area contributed by atoms with Crippen LogP contribution in [0.5, 0.6) is 0 Å². The van der Waals surface area contributed by atoms with Crippen LogP contribution in [0.15, 0.2) is 24.3 Å². The van der Waals surface area contributed by atoms with Crippen LogP contribution in [-0.2, 0) is 14.3 Å². The van der Waals surface area contributed by atoms with Crippen LogP contribution in [0.1, 0.15) is 17.3 Å². The normalized spacial score (nSPS) is 11.5. The molecular formula is C13H17NO4. The zero-order valence-corrected chi connectivity index (χ0v) is 10.7. The number of anilines is 1. The molecule has 1 rings (SSSR count). The Balaban J connectivity index is 2.54. The summed E-state index contributed by atoms with van der Waals surface area (Å²) in [6.45, 7) is 2.26. The molecule has 0 amide bonds. The molecule has 0 saturated carbocycles. The van der Waals surface area contributed by atoms with Gasteiger partial charge in [0.05, 0.1) is 25.7 Å². The first-order chi connectivity index (χ1) is 8.58. The van der Waals surface area contributed by atoms with Crippen molar-refractivity contribution in [2.45, 2.75) is 6.92 Å². The Morgan fingerprint density at radius 3 is 2.28 bits per heavy atom. The highest BCUT2D eigenvalue weighted by Gasteiger charge is 2.12. The third-order valence-electron chi connectivity index (χ3n) is 2.52. The van der Waals surface area contributed by atoms with Gasteiger partial charge in [0, 0.05) is 12.2 Å². The van der Waals surface area contributed by atoms with Gasteiger partial charge >= 0.3 is 11.9 Å². The highest BCUT2D eigenvalue weighted by Crippen LogP contribution is 2.11. The van der Waals surface area contributed by atoms with Crippen LogP contribution < -0.4 is 5.32 Å². The van der Waals surface area contributed by atoms with E-state index in [0.717, 1.165) is 5.69 Å². The van der Waals surface area contributed by atoms with Gasteiger partial charge in [-0.25, -0.2) is 4.79 Å². The van der Waals surface area contributed by atoms with Crippen LogP contribution >= 0.6 is 0 Å². The molecule has 1 N–H and O–H groups in total. The van der Waals surface area contributed by atoms with Crippen LogP contribution in [0.2, 0.25) is 0 Å². The summed E-state index contributed by atoms with van der Waals surface area (Å²) >= 11 is 0. The maximum absolute atomic E-state index is 11.2. The number of hydrogen-bond acceptors (Lipinski definition) is 5. The third kappa shape index (κ3) is 3.76. The Hall–Kier alpha value is -2.04. The minimum absolute atomic E-state index is 0.227. The van der Waals surface area contributed by atoms with E-state index in [1.807, 2.05) is 0 Å². The van der Waals surface area contributed by atoms with Crippen molar-refractivity contribution in [3.05, 3.63) is 29.8 Å². The Morgan fingerprint density at radius 2 is 1.78 bits per heavy atom. The van der Waals surface area contributed by atoms with E-state index in [0.29, 0.717) is 12.1 Å². The van der Waals surface area contributed by atoms with Gasteiger partial charge in [-0.15, -0.1) is 0 Å². The van der Waals surface area contributed by atoms with Crippen molar-refractivity contribution < 1.29 is 19.1 Å². The number of nitrogens with one attached hydrogen (secondary N) is 1. The van der Waals surface area contributed by atoms with E-state index >= 15 is 0 Å². The number of carbonyl (C=O) groups excluding carboxylic acids is 2. The smallest absolute Gasteiger partial charge is 0.337 e. The van der Waals surface area contributed by atoms with E-state index in [-0.39, 0.29) is 17.9 Å². The Kier molecular flexibility index (Phi) is 5.17. The number of carbonyl (C=O) groups is 2. The summed E-state index contributed by atoms with van der Waals surface area (Å²) in [5, 5.41) is 3.09. The van der Waals surface area contributed by atoms with Crippen LogP contribution in [-0.4, -0.2) is 32.7 Å². The lowest BCUT2D eigenvalue weighted by Crippen LogP contribution is -2.21. The molecule has 0 spiro atoms. The molecule has 1 aromatic rings. The molecule has 0 bridgehead atoms. The average Bonchev–Trinajstić information content (AvgIpc) is 2.43. The molecule has 1 unspecified atom stereocenters. The quantitative estimate of drug-likeness (QED) is 0.807. The Bertz CT molecular complexity index is 414. The molecule has 5 heteroatoms. The van der Waals surface area contributed by atoms with Crippen molar-refractivity contribution in [1.82, 2.24) is 0 Å². The van der Waals surface area contributed by atoms with Gasteiger partial charge in [-0.05, 0) is 24.3 Å². The summed E-state index contributed by atoms with van der Waals surface area (Å²) in [4.78, 5) is 22.4. The summed E-state index contributed by atoms with van der Waals surface area (Å²) in [5.41, 5.74) is 1.32. The van der Waals surface area contributed by atoms with Crippen molar-refractivity contribution in [3.8, 4) is 0 Å². The molecule has 98 valence electrons. The maximum Gasteiger partial charge on any atom is 0.337 e. The van der Waals surface area contributed by atoms with Gasteiger partial charge in [-0.2, -0.15) is 0 Å². The number of rotatable bonds is 5. The van der Waals surface area contributed by atoms with Gasteiger partial charge in [-0.3, -0.25) is 4.79 Å². The molecule has 0 fully saturated rings. The predicted molar refractivity (Wildman–Crippen MR) is 67.5 cm³/mol. The number of esters is 2. The molecule has 0 aliphatic carbocycles. The van der Waals surface area contributed by atoms with E-state index < -0.39 is 0 Å². The molecule has 1 atom stereocenters. The van der Waals surface area contributed by atoms with Crippen molar-refractivity contribution in [1.29, 1.82) is 0 Å². The monoisotopic (exact) mass is 251 g/mol. The molecule has 5 nitrogen and oxygen atoms in total. The average molecular weight is 251 g/mol. The highest BCUT2D eigenvalue weighted by atomic mass is 16.5. The van der Waals surface area contributed by atoms with Crippen LogP contribution in [0, 0.1) is 5.92 Å². The lowest BCUT2D eigenvalue weighted by Gasteiger charge is -2.11. The highest BCUT2D eigenvalue weighted by molar-refractivity contribution is 5.89. The summed E-state index contributed by atoms with van der Waals surface area (Å²) in [5.74, 6) is -0.853. The van der Waals surface area contributed by atoms with Crippen molar-refractivity contribution in [3.63, 3.8) is 0 Å². The topological polar surface area (TPSA) is 64.6 Å². The zero-order valence-electron chi connectivity index (χ0n) is 10.7. The molecule has 0 aliphatic heterocycles.